The molecule has 0 unspecified atom stereocenters. The van der Waals surface area contributed by atoms with Gasteiger partial charge in [-0.2, -0.15) is 5.26 Å². The van der Waals surface area contributed by atoms with Gasteiger partial charge < -0.3 is 0 Å². The van der Waals surface area contributed by atoms with Crippen LogP contribution in [0.15, 0.2) is 36.4 Å². The van der Waals surface area contributed by atoms with Crippen LogP contribution in [0.3, 0.4) is 0 Å². The van der Waals surface area contributed by atoms with Gasteiger partial charge in [0.25, 0.3) is 0 Å². The van der Waals surface area contributed by atoms with Gasteiger partial charge in [-0.25, -0.2) is 0 Å². The summed E-state index contributed by atoms with van der Waals surface area (Å²) in [4.78, 5) is 0. The number of hydrogen-bond donors (Lipinski definition) is 0. The van der Waals surface area contributed by atoms with Crippen LogP contribution in [0.4, 0.5) is 0 Å². The van der Waals surface area contributed by atoms with Crippen LogP contribution in [0.25, 0.3) is 0 Å². The second kappa shape index (κ2) is 6.85. The summed E-state index contributed by atoms with van der Waals surface area (Å²) in [7, 11) is 0. The van der Waals surface area contributed by atoms with E-state index < -0.39 is 0 Å². The smallest absolute Gasteiger partial charge is 0.0995 e. The highest BCUT2D eigenvalue weighted by Crippen LogP contribution is 2.50. The molecule has 130 valence electrons. The summed E-state index contributed by atoms with van der Waals surface area (Å²) in [6.07, 6.45) is 3.46. The summed E-state index contributed by atoms with van der Waals surface area (Å²) in [5, 5.41) is 10.4. The molecule has 25 heavy (non-hydrogen) atoms. The van der Waals surface area contributed by atoms with Gasteiger partial charge in [0.2, 0.25) is 0 Å². The third-order valence-electron chi connectivity index (χ3n) is 5.72. The largest absolute Gasteiger partial charge is 0.192 e. The van der Waals surface area contributed by atoms with Gasteiger partial charge in [-0.3, -0.25) is 0 Å². The Morgan fingerprint density at radius 2 is 1.60 bits per heavy atom. The molecule has 0 N–H and O–H groups in total. The topological polar surface area (TPSA) is 23.8 Å². The lowest BCUT2D eigenvalue weighted by Crippen LogP contribution is -2.35. The van der Waals surface area contributed by atoms with Crippen LogP contribution in [0.5, 0.6) is 0 Å². The van der Waals surface area contributed by atoms with Crippen molar-refractivity contribution in [3.63, 3.8) is 0 Å². The third kappa shape index (κ3) is 3.09. The van der Waals surface area contributed by atoms with Crippen molar-refractivity contribution in [3.05, 3.63) is 69.2 Å². The van der Waals surface area contributed by atoms with Crippen LogP contribution in [-0.2, 0) is 5.41 Å². The third-order valence-corrected chi connectivity index (χ3v) is 6.03. The van der Waals surface area contributed by atoms with Gasteiger partial charge in [0, 0.05) is 10.4 Å². The number of halogens is 1. The van der Waals surface area contributed by atoms with Crippen LogP contribution >= 0.6 is 11.6 Å². The highest BCUT2D eigenvalue weighted by molar-refractivity contribution is 6.31. The first-order chi connectivity index (χ1) is 11.9. The zero-order chi connectivity index (χ0) is 18.2. The quantitative estimate of drug-likeness (QED) is 0.585. The molecule has 1 fully saturated rings. The van der Waals surface area contributed by atoms with E-state index >= 15 is 0 Å². The maximum atomic E-state index is 9.63. The Hall–Kier alpha value is -1.78. The minimum atomic E-state index is 0.0141. The minimum Gasteiger partial charge on any atom is -0.192 e. The molecule has 3 rings (SSSR count). The molecule has 2 aromatic carbocycles. The molecule has 1 aliphatic carbocycles. The van der Waals surface area contributed by atoms with E-state index in [2.05, 4.69) is 70.2 Å². The van der Waals surface area contributed by atoms with E-state index in [0.29, 0.717) is 5.92 Å². The Kier molecular flexibility index (Phi) is 4.94. The Labute approximate surface area is 156 Å². The summed E-state index contributed by atoms with van der Waals surface area (Å²) < 4.78 is 0. The van der Waals surface area contributed by atoms with Crippen LogP contribution in [-0.4, -0.2) is 0 Å². The molecule has 0 bridgehead atoms. The maximum Gasteiger partial charge on any atom is 0.0995 e. The maximum absolute atomic E-state index is 9.63. The minimum absolute atomic E-state index is 0.0141. The molecule has 0 atom stereocenters. The molecular weight excluding hydrogens is 326 g/mol. The van der Waals surface area contributed by atoms with Crippen LogP contribution in [0.1, 0.15) is 86.6 Å². The zero-order valence-corrected chi connectivity index (χ0v) is 16.3. The van der Waals surface area contributed by atoms with Gasteiger partial charge in [0.15, 0.2) is 0 Å². The van der Waals surface area contributed by atoms with Gasteiger partial charge in [-0.1, -0.05) is 70.0 Å². The number of hydrogen-bond acceptors (Lipinski definition) is 1. The van der Waals surface area contributed by atoms with Crippen LogP contribution in [0, 0.1) is 11.3 Å². The fourth-order valence-corrected chi connectivity index (χ4v) is 4.47. The molecule has 2 aromatic rings. The fourth-order valence-electron chi connectivity index (χ4n) is 4.03. The predicted molar refractivity (Wildman–Crippen MR) is 105 cm³/mol. The van der Waals surface area contributed by atoms with Crippen molar-refractivity contribution >= 4 is 11.6 Å². The summed E-state index contributed by atoms with van der Waals surface area (Å²) in [5.74, 6) is 0.787. The molecule has 2 heteroatoms. The molecular formula is C23H26ClN. The molecule has 0 aliphatic heterocycles. The van der Waals surface area contributed by atoms with Crippen molar-refractivity contribution in [1.29, 1.82) is 5.26 Å². The lowest BCUT2D eigenvalue weighted by Gasteiger charge is -2.43. The Morgan fingerprint density at radius 3 is 2.04 bits per heavy atom. The van der Waals surface area contributed by atoms with Gasteiger partial charge in [-0.05, 0) is 59.1 Å². The van der Waals surface area contributed by atoms with Crippen molar-refractivity contribution in [2.75, 3.05) is 0 Å². The van der Waals surface area contributed by atoms with E-state index in [1.165, 1.54) is 23.1 Å². The molecule has 0 saturated heterocycles. The Bertz CT molecular complexity index is 805. The SMILES string of the molecule is CC(C)c1ccc(C2(c3cc(Cl)c(C(C)C)c(C#N)c3)CCC2)cc1. The summed E-state index contributed by atoms with van der Waals surface area (Å²) in [6, 6.07) is 15.6. The van der Waals surface area contributed by atoms with E-state index in [9.17, 15) is 5.26 Å². The van der Waals surface area contributed by atoms with E-state index in [1.54, 1.807) is 0 Å². The molecule has 0 radical (unpaired) electrons. The Morgan fingerprint density at radius 1 is 0.960 bits per heavy atom. The molecule has 1 saturated carbocycles. The fraction of sp³-hybridized carbons (Fsp3) is 0.435. The molecule has 0 aromatic heterocycles. The van der Waals surface area contributed by atoms with Crippen molar-refractivity contribution in [2.45, 2.75) is 64.2 Å². The van der Waals surface area contributed by atoms with Crippen LogP contribution < -0.4 is 0 Å². The molecule has 0 heterocycles. The van der Waals surface area contributed by atoms with Crippen molar-refractivity contribution in [3.8, 4) is 6.07 Å². The first kappa shape index (κ1) is 18.0. The van der Waals surface area contributed by atoms with E-state index in [4.69, 9.17) is 11.6 Å². The second-order valence-electron chi connectivity index (χ2n) is 7.90. The zero-order valence-electron chi connectivity index (χ0n) is 15.6. The van der Waals surface area contributed by atoms with Crippen molar-refractivity contribution in [2.24, 2.45) is 0 Å². The Balaban J connectivity index is 2.09. The molecule has 1 aliphatic rings. The highest BCUT2D eigenvalue weighted by Gasteiger charge is 2.41. The normalized spacial score (nSPS) is 15.9. The van der Waals surface area contributed by atoms with Gasteiger partial charge >= 0.3 is 0 Å². The first-order valence-electron chi connectivity index (χ1n) is 9.23. The summed E-state index contributed by atoms with van der Waals surface area (Å²) >= 11 is 6.60. The standard InChI is InChI=1S/C23H26ClN/c1-15(2)17-6-8-19(9-7-17)23(10-5-11-23)20-12-18(14-25)22(16(3)4)21(24)13-20/h6-9,12-13,15-16H,5,10-11H2,1-4H3. The average molecular weight is 352 g/mol. The predicted octanol–water partition coefficient (Wildman–Crippen LogP) is 6.93. The highest BCUT2D eigenvalue weighted by atomic mass is 35.5. The molecule has 0 amide bonds. The number of rotatable bonds is 4. The molecule has 0 spiro atoms. The van der Waals surface area contributed by atoms with E-state index in [1.807, 2.05) is 0 Å². The lowest BCUT2D eigenvalue weighted by atomic mass is 9.60. The van der Waals surface area contributed by atoms with Crippen LogP contribution in [0.2, 0.25) is 5.02 Å². The monoisotopic (exact) mass is 351 g/mol. The summed E-state index contributed by atoms with van der Waals surface area (Å²) in [5.41, 5.74) is 5.62. The summed E-state index contributed by atoms with van der Waals surface area (Å²) in [6.45, 7) is 8.62. The van der Waals surface area contributed by atoms with E-state index in [0.717, 1.165) is 29.0 Å². The lowest BCUT2D eigenvalue weighted by molar-refractivity contribution is 0.301. The first-order valence-corrected chi connectivity index (χ1v) is 9.61. The number of nitriles is 1. The number of nitrogens with zero attached hydrogens (tertiary/aromatic N) is 1. The number of benzene rings is 2. The molecule has 1 nitrogen and oxygen atoms in total. The second-order valence-corrected chi connectivity index (χ2v) is 8.31. The van der Waals surface area contributed by atoms with E-state index in [-0.39, 0.29) is 11.3 Å². The van der Waals surface area contributed by atoms with Crippen molar-refractivity contribution < 1.29 is 0 Å². The van der Waals surface area contributed by atoms with Crippen molar-refractivity contribution in [1.82, 2.24) is 0 Å². The van der Waals surface area contributed by atoms with Gasteiger partial charge in [-0.15, -0.1) is 0 Å². The van der Waals surface area contributed by atoms with Gasteiger partial charge in [0.05, 0.1) is 11.6 Å². The average Bonchev–Trinajstić information content (AvgIpc) is 2.53. The van der Waals surface area contributed by atoms with Gasteiger partial charge in [0.1, 0.15) is 0 Å².